The molecule has 0 unspecified atom stereocenters. The highest BCUT2D eigenvalue weighted by Crippen LogP contribution is 2.35. The van der Waals surface area contributed by atoms with Gasteiger partial charge >= 0.3 is 0 Å². The molecule has 0 bridgehead atoms. The zero-order valence-electron chi connectivity index (χ0n) is 14.1. The van der Waals surface area contributed by atoms with Gasteiger partial charge in [-0.2, -0.15) is 0 Å². The molecule has 0 amide bonds. The summed E-state index contributed by atoms with van der Waals surface area (Å²) in [5.41, 5.74) is 3.87. The lowest BCUT2D eigenvalue weighted by molar-refractivity contribution is 0.103. The Morgan fingerprint density at radius 2 is 1.69 bits per heavy atom. The topological polar surface area (TPSA) is 42.1 Å². The summed E-state index contributed by atoms with van der Waals surface area (Å²) < 4.78 is 5.18. The molecule has 0 atom stereocenters. The molecule has 1 aromatic heterocycles. The van der Waals surface area contributed by atoms with Crippen LogP contribution in [0.5, 0.6) is 5.75 Å². The van der Waals surface area contributed by atoms with Gasteiger partial charge < -0.3 is 9.72 Å². The molecule has 0 radical (unpaired) electrons. The van der Waals surface area contributed by atoms with Crippen LogP contribution in [0.4, 0.5) is 0 Å². The molecular weight excluding hydrogens is 346 g/mol. The van der Waals surface area contributed by atoms with Crippen LogP contribution in [0.3, 0.4) is 0 Å². The van der Waals surface area contributed by atoms with E-state index in [1.54, 1.807) is 31.4 Å². The Hall–Kier alpha value is -3.04. The first-order valence-corrected chi connectivity index (χ1v) is 8.60. The number of methoxy groups -OCH3 is 1. The van der Waals surface area contributed by atoms with Crippen molar-refractivity contribution < 1.29 is 9.53 Å². The van der Waals surface area contributed by atoms with E-state index >= 15 is 0 Å². The lowest BCUT2D eigenvalue weighted by atomic mass is 9.98. The number of halogens is 1. The first kappa shape index (κ1) is 16.4. The lowest BCUT2D eigenvalue weighted by Gasteiger charge is -2.06. The highest BCUT2D eigenvalue weighted by atomic mass is 35.5. The lowest BCUT2D eigenvalue weighted by Crippen LogP contribution is -2.03. The predicted octanol–water partition coefficient (Wildman–Crippen LogP) is 5.73. The largest absolute Gasteiger partial charge is 0.497 e. The van der Waals surface area contributed by atoms with Crippen molar-refractivity contribution in [1.82, 2.24) is 4.98 Å². The minimum Gasteiger partial charge on any atom is -0.497 e. The number of benzene rings is 3. The Labute approximate surface area is 156 Å². The van der Waals surface area contributed by atoms with Gasteiger partial charge in [0, 0.05) is 27.1 Å². The van der Waals surface area contributed by atoms with Crippen molar-refractivity contribution in [2.75, 3.05) is 7.11 Å². The van der Waals surface area contributed by atoms with Gasteiger partial charge in [0.2, 0.25) is 5.78 Å². The molecule has 4 heteroatoms. The number of hydrogen-bond acceptors (Lipinski definition) is 2. The second kappa shape index (κ2) is 6.70. The Kier molecular flexibility index (Phi) is 4.23. The van der Waals surface area contributed by atoms with E-state index in [0.717, 1.165) is 22.0 Å². The molecule has 0 aliphatic carbocycles. The molecule has 4 rings (SSSR count). The molecule has 0 aliphatic heterocycles. The summed E-state index contributed by atoms with van der Waals surface area (Å²) >= 11 is 6.20. The van der Waals surface area contributed by atoms with Gasteiger partial charge in [0.05, 0.1) is 12.8 Å². The van der Waals surface area contributed by atoms with E-state index in [-0.39, 0.29) is 5.78 Å². The van der Waals surface area contributed by atoms with Crippen LogP contribution >= 0.6 is 11.6 Å². The minimum atomic E-state index is -0.0705. The van der Waals surface area contributed by atoms with Crippen molar-refractivity contribution >= 4 is 28.3 Å². The van der Waals surface area contributed by atoms with Gasteiger partial charge in [0.25, 0.3) is 0 Å². The second-order valence-electron chi connectivity index (χ2n) is 5.99. The van der Waals surface area contributed by atoms with Crippen molar-refractivity contribution in [3.63, 3.8) is 0 Å². The number of aromatic amines is 1. The summed E-state index contributed by atoms with van der Waals surface area (Å²) in [6.45, 7) is 0. The van der Waals surface area contributed by atoms with Gasteiger partial charge in [-0.05, 0) is 48.0 Å². The van der Waals surface area contributed by atoms with E-state index in [1.165, 1.54) is 0 Å². The number of ether oxygens (including phenoxy) is 1. The van der Waals surface area contributed by atoms with Crippen molar-refractivity contribution in [1.29, 1.82) is 0 Å². The maximum absolute atomic E-state index is 13.2. The van der Waals surface area contributed by atoms with Crippen LogP contribution < -0.4 is 4.74 Å². The summed E-state index contributed by atoms with van der Waals surface area (Å²) in [5, 5.41) is 1.57. The number of hydrogen-bond donors (Lipinski definition) is 1. The quantitative estimate of drug-likeness (QED) is 0.472. The van der Waals surface area contributed by atoms with Crippen molar-refractivity contribution in [3.05, 3.63) is 89.1 Å². The smallest absolute Gasteiger partial charge is 0.209 e. The molecule has 128 valence electrons. The zero-order valence-corrected chi connectivity index (χ0v) is 14.9. The van der Waals surface area contributed by atoms with Crippen LogP contribution in [0.25, 0.3) is 22.0 Å². The highest BCUT2D eigenvalue weighted by molar-refractivity contribution is 6.31. The number of H-pyrrole nitrogens is 1. The van der Waals surface area contributed by atoms with Crippen LogP contribution in [-0.4, -0.2) is 17.9 Å². The maximum atomic E-state index is 13.2. The number of nitrogens with one attached hydrogen (secondary N) is 1. The monoisotopic (exact) mass is 361 g/mol. The van der Waals surface area contributed by atoms with Crippen LogP contribution in [0.15, 0.2) is 72.8 Å². The van der Waals surface area contributed by atoms with Crippen LogP contribution in [-0.2, 0) is 0 Å². The average Bonchev–Trinajstić information content (AvgIpc) is 3.06. The van der Waals surface area contributed by atoms with Gasteiger partial charge in [-0.15, -0.1) is 0 Å². The zero-order chi connectivity index (χ0) is 18.1. The van der Waals surface area contributed by atoms with Gasteiger partial charge in [0.15, 0.2) is 0 Å². The number of rotatable bonds is 4. The van der Waals surface area contributed by atoms with E-state index in [9.17, 15) is 4.79 Å². The molecule has 0 aliphatic rings. The SMILES string of the molecule is COc1ccc(C(=O)c2[nH]c3ccc(Cl)cc3c2-c2ccccc2)cc1. The summed E-state index contributed by atoms with van der Waals surface area (Å²) in [6.07, 6.45) is 0. The van der Waals surface area contributed by atoms with E-state index in [4.69, 9.17) is 16.3 Å². The summed E-state index contributed by atoms with van der Waals surface area (Å²) in [5.74, 6) is 0.645. The van der Waals surface area contributed by atoms with Gasteiger partial charge in [0.1, 0.15) is 5.75 Å². The summed E-state index contributed by atoms with van der Waals surface area (Å²) in [7, 11) is 1.60. The molecule has 0 saturated carbocycles. The molecule has 0 fully saturated rings. The third-order valence-electron chi connectivity index (χ3n) is 4.40. The molecule has 3 aromatic carbocycles. The van der Waals surface area contributed by atoms with Crippen molar-refractivity contribution in [2.45, 2.75) is 0 Å². The Bertz CT molecular complexity index is 1080. The Morgan fingerprint density at radius 1 is 0.962 bits per heavy atom. The number of aromatic nitrogens is 1. The van der Waals surface area contributed by atoms with Crippen LogP contribution in [0, 0.1) is 0 Å². The fourth-order valence-corrected chi connectivity index (χ4v) is 3.30. The number of carbonyl (C=O) groups excluding carboxylic acids is 1. The van der Waals surface area contributed by atoms with Crippen molar-refractivity contribution in [2.24, 2.45) is 0 Å². The molecule has 0 spiro atoms. The standard InChI is InChI=1S/C22H16ClNO2/c1-26-17-10-7-15(8-11-17)22(25)21-20(14-5-3-2-4-6-14)18-13-16(23)9-12-19(18)24-21/h2-13,24H,1H3. The van der Waals surface area contributed by atoms with Gasteiger partial charge in [-0.3, -0.25) is 4.79 Å². The second-order valence-corrected chi connectivity index (χ2v) is 6.42. The van der Waals surface area contributed by atoms with E-state index in [2.05, 4.69) is 4.98 Å². The number of ketones is 1. The third-order valence-corrected chi connectivity index (χ3v) is 4.64. The van der Waals surface area contributed by atoms with Crippen LogP contribution in [0.2, 0.25) is 5.02 Å². The molecular formula is C22H16ClNO2. The maximum Gasteiger partial charge on any atom is 0.209 e. The normalized spacial score (nSPS) is 10.8. The van der Waals surface area contributed by atoms with Gasteiger partial charge in [-0.25, -0.2) is 0 Å². The molecule has 1 N–H and O–H groups in total. The van der Waals surface area contributed by atoms with E-state index in [1.807, 2.05) is 48.5 Å². The minimum absolute atomic E-state index is 0.0705. The summed E-state index contributed by atoms with van der Waals surface area (Å²) in [4.78, 5) is 16.5. The first-order valence-electron chi connectivity index (χ1n) is 8.23. The molecule has 1 heterocycles. The molecule has 26 heavy (non-hydrogen) atoms. The third kappa shape index (κ3) is 2.87. The fraction of sp³-hybridized carbons (Fsp3) is 0.0455. The molecule has 4 aromatic rings. The predicted molar refractivity (Wildman–Crippen MR) is 105 cm³/mol. The highest BCUT2D eigenvalue weighted by Gasteiger charge is 2.20. The number of carbonyl (C=O) groups is 1. The van der Waals surface area contributed by atoms with E-state index < -0.39 is 0 Å². The summed E-state index contributed by atoms with van der Waals surface area (Å²) in [6, 6.07) is 22.6. The average molecular weight is 362 g/mol. The first-order chi connectivity index (χ1) is 12.7. The van der Waals surface area contributed by atoms with Gasteiger partial charge in [-0.1, -0.05) is 41.9 Å². The Balaban J connectivity index is 1.92. The van der Waals surface area contributed by atoms with Crippen LogP contribution in [0.1, 0.15) is 16.1 Å². The number of fused-ring (bicyclic) bond motifs is 1. The molecule has 0 saturated heterocycles. The molecule has 3 nitrogen and oxygen atoms in total. The fourth-order valence-electron chi connectivity index (χ4n) is 3.13. The van der Waals surface area contributed by atoms with E-state index in [0.29, 0.717) is 22.0 Å². The Morgan fingerprint density at radius 3 is 2.38 bits per heavy atom. The van der Waals surface area contributed by atoms with Crippen molar-refractivity contribution in [3.8, 4) is 16.9 Å².